The zero-order chi connectivity index (χ0) is 22.3. The van der Waals surface area contributed by atoms with Gasteiger partial charge >= 0.3 is 0 Å². The van der Waals surface area contributed by atoms with E-state index in [-0.39, 0.29) is 11.6 Å². The zero-order valence-corrected chi connectivity index (χ0v) is 18.1. The van der Waals surface area contributed by atoms with Gasteiger partial charge in [0, 0.05) is 31.1 Å². The molecule has 7 heteroatoms. The van der Waals surface area contributed by atoms with Crippen LogP contribution in [0.3, 0.4) is 0 Å². The Balaban J connectivity index is 1.51. The van der Waals surface area contributed by atoms with Gasteiger partial charge in [0.05, 0.1) is 7.11 Å². The molecule has 7 nitrogen and oxygen atoms in total. The number of hydrogen-bond acceptors (Lipinski definition) is 5. The summed E-state index contributed by atoms with van der Waals surface area (Å²) in [6.07, 6.45) is 3.53. The lowest BCUT2D eigenvalue weighted by atomic mass is 10.0. The van der Waals surface area contributed by atoms with Crippen molar-refractivity contribution in [1.29, 1.82) is 0 Å². The highest BCUT2D eigenvalue weighted by atomic mass is 16.5. The Labute approximate surface area is 187 Å². The number of rotatable bonds is 7. The predicted molar refractivity (Wildman–Crippen MR) is 120 cm³/mol. The van der Waals surface area contributed by atoms with Crippen LogP contribution in [0.2, 0.25) is 0 Å². The van der Waals surface area contributed by atoms with Crippen molar-refractivity contribution >= 4 is 11.8 Å². The van der Waals surface area contributed by atoms with Crippen LogP contribution in [0.1, 0.15) is 35.3 Å². The van der Waals surface area contributed by atoms with Gasteiger partial charge in [-0.1, -0.05) is 47.6 Å². The maximum atomic E-state index is 13.2. The maximum absolute atomic E-state index is 13.2. The number of hydrogen-bond donors (Lipinski definition) is 1. The van der Waals surface area contributed by atoms with Crippen LogP contribution in [0.5, 0.6) is 5.75 Å². The van der Waals surface area contributed by atoms with Crippen LogP contribution in [0.15, 0.2) is 65.2 Å². The van der Waals surface area contributed by atoms with Gasteiger partial charge in [-0.05, 0) is 37.0 Å². The molecule has 1 aromatic heterocycles. The van der Waals surface area contributed by atoms with E-state index in [1.54, 1.807) is 19.2 Å². The smallest absolute Gasteiger partial charge is 0.274 e. The molecule has 166 valence electrons. The second-order valence-electron chi connectivity index (χ2n) is 7.91. The molecule has 2 amide bonds. The van der Waals surface area contributed by atoms with Crippen molar-refractivity contribution in [1.82, 2.24) is 15.4 Å². The Morgan fingerprint density at radius 2 is 1.84 bits per heavy atom. The van der Waals surface area contributed by atoms with Crippen LogP contribution >= 0.6 is 0 Å². The summed E-state index contributed by atoms with van der Waals surface area (Å²) in [6, 6.07) is 17.9. The van der Waals surface area contributed by atoms with Crippen LogP contribution in [0.4, 0.5) is 0 Å². The highest BCUT2D eigenvalue weighted by Gasteiger charge is 2.28. The van der Waals surface area contributed by atoms with Crippen LogP contribution in [-0.2, 0) is 11.2 Å². The van der Waals surface area contributed by atoms with Crippen molar-refractivity contribution in [3.63, 3.8) is 0 Å². The number of benzene rings is 2. The van der Waals surface area contributed by atoms with Crippen molar-refractivity contribution in [3.8, 4) is 17.1 Å². The summed E-state index contributed by atoms with van der Waals surface area (Å²) < 4.78 is 10.6. The molecule has 0 radical (unpaired) electrons. The SMILES string of the molecule is COc1cccc(-c2cc(C(=O)N[C@H](Cc3ccccc3)C(=O)N3CCCCC3)no2)c1. The van der Waals surface area contributed by atoms with Crippen LogP contribution in [-0.4, -0.2) is 48.1 Å². The second kappa shape index (κ2) is 10.1. The Hall–Kier alpha value is -3.61. The van der Waals surface area contributed by atoms with Crippen LogP contribution in [0, 0.1) is 0 Å². The number of methoxy groups -OCH3 is 1. The molecule has 1 atom stereocenters. The fraction of sp³-hybridized carbons (Fsp3) is 0.320. The van der Waals surface area contributed by atoms with E-state index in [9.17, 15) is 9.59 Å². The van der Waals surface area contributed by atoms with Gasteiger partial charge in [0.2, 0.25) is 5.91 Å². The van der Waals surface area contributed by atoms with E-state index in [0.29, 0.717) is 17.9 Å². The average Bonchev–Trinajstić information content (AvgIpc) is 3.35. The number of carbonyl (C=O) groups excluding carboxylic acids is 2. The summed E-state index contributed by atoms with van der Waals surface area (Å²) in [7, 11) is 1.59. The first-order valence-electron chi connectivity index (χ1n) is 10.9. The van der Waals surface area contributed by atoms with Gasteiger partial charge in [-0.25, -0.2) is 0 Å². The summed E-state index contributed by atoms with van der Waals surface area (Å²) in [5.74, 6) is 0.642. The van der Waals surface area contributed by atoms with E-state index in [1.165, 1.54) is 0 Å². The Morgan fingerprint density at radius 1 is 1.06 bits per heavy atom. The van der Waals surface area contributed by atoms with Crippen LogP contribution < -0.4 is 10.1 Å². The largest absolute Gasteiger partial charge is 0.497 e. The lowest BCUT2D eigenvalue weighted by Crippen LogP contribution is -2.51. The molecule has 2 aromatic carbocycles. The van der Waals surface area contributed by atoms with Gasteiger partial charge in [-0.3, -0.25) is 9.59 Å². The fourth-order valence-electron chi connectivity index (χ4n) is 3.91. The van der Waals surface area contributed by atoms with Gasteiger partial charge in [0.15, 0.2) is 11.5 Å². The molecule has 2 heterocycles. The molecule has 0 unspecified atom stereocenters. The Morgan fingerprint density at radius 3 is 2.59 bits per heavy atom. The van der Waals surface area contributed by atoms with E-state index in [1.807, 2.05) is 53.4 Å². The third-order valence-electron chi connectivity index (χ3n) is 5.65. The molecule has 1 aliphatic rings. The van der Waals surface area contributed by atoms with E-state index in [0.717, 1.165) is 43.5 Å². The molecule has 3 aromatic rings. The van der Waals surface area contributed by atoms with Gasteiger partial charge in [0.25, 0.3) is 5.91 Å². The topological polar surface area (TPSA) is 84.7 Å². The standard InChI is InChI=1S/C25H27N3O4/c1-31-20-12-8-11-19(16-20)23-17-21(27-32-23)24(29)26-22(15-18-9-4-2-5-10-18)25(30)28-13-6-3-7-14-28/h2,4-5,8-12,16-17,22H,3,6-7,13-15H2,1H3,(H,26,29)/t22-/m1/s1. The van der Waals surface area contributed by atoms with Crippen molar-refractivity contribution < 1.29 is 18.8 Å². The Kier molecular flexibility index (Phi) is 6.84. The molecular formula is C25H27N3O4. The van der Waals surface area contributed by atoms with Crippen molar-refractivity contribution in [3.05, 3.63) is 71.9 Å². The zero-order valence-electron chi connectivity index (χ0n) is 18.1. The molecule has 0 aliphatic carbocycles. The normalized spacial score (nSPS) is 14.6. The molecule has 1 fully saturated rings. The minimum Gasteiger partial charge on any atom is -0.497 e. The number of ether oxygens (including phenoxy) is 1. The van der Waals surface area contributed by atoms with E-state index >= 15 is 0 Å². The second-order valence-corrected chi connectivity index (χ2v) is 7.91. The maximum Gasteiger partial charge on any atom is 0.274 e. The number of nitrogens with zero attached hydrogens (tertiary/aromatic N) is 2. The molecule has 32 heavy (non-hydrogen) atoms. The first-order chi connectivity index (χ1) is 15.6. The first kappa shape index (κ1) is 21.6. The van der Waals surface area contributed by atoms with E-state index in [2.05, 4.69) is 10.5 Å². The van der Waals surface area contributed by atoms with Gasteiger partial charge in [-0.15, -0.1) is 0 Å². The van der Waals surface area contributed by atoms with E-state index in [4.69, 9.17) is 9.26 Å². The van der Waals surface area contributed by atoms with Gasteiger partial charge in [0.1, 0.15) is 11.8 Å². The van der Waals surface area contributed by atoms with Crippen molar-refractivity contribution in [2.75, 3.05) is 20.2 Å². The van der Waals surface area contributed by atoms with Crippen molar-refractivity contribution in [2.45, 2.75) is 31.7 Å². The van der Waals surface area contributed by atoms with E-state index < -0.39 is 11.9 Å². The summed E-state index contributed by atoms with van der Waals surface area (Å²) in [5.41, 5.74) is 1.87. The Bertz CT molecular complexity index is 1060. The monoisotopic (exact) mass is 433 g/mol. The minimum absolute atomic E-state index is 0.0570. The number of nitrogens with one attached hydrogen (secondary N) is 1. The molecule has 1 aliphatic heterocycles. The lowest BCUT2D eigenvalue weighted by Gasteiger charge is -2.30. The molecule has 0 bridgehead atoms. The quantitative estimate of drug-likeness (QED) is 0.614. The van der Waals surface area contributed by atoms with Crippen molar-refractivity contribution in [2.24, 2.45) is 0 Å². The number of amides is 2. The first-order valence-corrected chi connectivity index (χ1v) is 10.9. The number of aromatic nitrogens is 1. The third kappa shape index (κ3) is 5.17. The van der Waals surface area contributed by atoms with Crippen LogP contribution in [0.25, 0.3) is 11.3 Å². The summed E-state index contributed by atoms with van der Waals surface area (Å²) in [5, 5.41) is 6.82. The fourth-order valence-corrected chi connectivity index (χ4v) is 3.91. The molecule has 0 spiro atoms. The molecule has 0 saturated carbocycles. The lowest BCUT2D eigenvalue weighted by molar-refractivity contribution is -0.134. The highest BCUT2D eigenvalue weighted by Crippen LogP contribution is 2.24. The number of piperidine rings is 1. The molecule has 1 N–H and O–H groups in total. The summed E-state index contributed by atoms with van der Waals surface area (Å²) in [6.45, 7) is 1.45. The minimum atomic E-state index is -0.667. The number of likely N-dealkylation sites (tertiary alicyclic amines) is 1. The summed E-state index contributed by atoms with van der Waals surface area (Å²) in [4.78, 5) is 28.0. The molecule has 4 rings (SSSR count). The third-order valence-corrected chi connectivity index (χ3v) is 5.65. The molecular weight excluding hydrogens is 406 g/mol. The predicted octanol–water partition coefficient (Wildman–Crippen LogP) is 3.70. The average molecular weight is 434 g/mol. The highest BCUT2D eigenvalue weighted by molar-refractivity contribution is 5.96. The number of carbonyl (C=O) groups is 2. The summed E-state index contributed by atoms with van der Waals surface area (Å²) >= 11 is 0. The van der Waals surface area contributed by atoms with Gasteiger partial charge < -0.3 is 19.5 Å². The molecule has 1 saturated heterocycles. The van der Waals surface area contributed by atoms with Gasteiger partial charge in [-0.2, -0.15) is 0 Å².